The summed E-state index contributed by atoms with van der Waals surface area (Å²) < 4.78 is 9.57. The molecule has 0 aromatic heterocycles. The molecule has 0 bridgehead atoms. The predicted molar refractivity (Wildman–Crippen MR) is 77.2 cm³/mol. The minimum Gasteiger partial charge on any atom is -0.469 e. The van der Waals surface area contributed by atoms with Crippen LogP contribution in [0.2, 0.25) is 0 Å². The summed E-state index contributed by atoms with van der Waals surface area (Å²) in [6.07, 6.45) is -1.21. The Kier molecular flexibility index (Phi) is 5.42. The minimum atomic E-state index is -0.881. The molecule has 0 radical (unpaired) electrons. The highest BCUT2D eigenvalue weighted by molar-refractivity contribution is 6.00. The predicted octanol–water partition coefficient (Wildman–Crippen LogP) is -0.610. The Morgan fingerprint density at radius 3 is 2.52 bits per heavy atom. The van der Waals surface area contributed by atoms with E-state index in [0.29, 0.717) is 5.56 Å². The molecule has 2 atom stereocenters. The van der Waals surface area contributed by atoms with E-state index in [1.807, 2.05) is 0 Å². The van der Waals surface area contributed by atoms with Crippen molar-refractivity contribution in [3.05, 3.63) is 35.9 Å². The monoisotopic (exact) mass is 320 g/mol. The minimum absolute atomic E-state index is 0.363. The molecule has 0 spiro atoms. The lowest BCUT2D eigenvalue weighted by atomic mass is 10.1. The molecule has 1 aromatic carbocycles. The maximum Gasteiger partial charge on any atom is 0.313 e. The number of β-lactam (4-membered cyclic amide) rings is 1. The maximum absolute atomic E-state index is 12.0. The fourth-order valence-electron chi connectivity index (χ4n) is 1.91. The summed E-state index contributed by atoms with van der Waals surface area (Å²) in [4.78, 5) is 45.9. The van der Waals surface area contributed by atoms with Crippen LogP contribution in [0.4, 0.5) is 0 Å². The Hall–Kier alpha value is -2.74. The van der Waals surface area contributed by atoms with E-state index >= 15 is 0 Å². The van der Waals surface area contributed by atoms with Gasteiger partial charge in [-0.3, -0.25) is 19.2 Å². The Morgan fingerprint density at radius 1 is 1.22 bits per heavy atom. The Labute approximate surface area is 132 Å². The first kappa shape index (κ1) is 16.6. The van der Waals surface area contributed by atoms with Crippen LogP contribution in [0, 0.1) is 0 Å². The van der Waals surface area contributed by atoms with Gasteiger partial charge in [0.2, 0.25) is 5.91 Å². The van der Waals surface area contributed by atoms with E-state index in [1.54, 1.807) is 30.3 Å². The highest BCUT2D eigenvalue weighted by Gasteiger charge is 2.41. The fraction of sp³-hybridized carbons (Fsp3) is 0.333. The first-order valence-electron chi connectivity index (χ1n) is 6.87. The number of nitrogens with one attached hydrogen (secondary N) is 2. The average molecular weight is 320 g/mol. The van der Waals surface area contributed by atoms with Gasteiger partial charge in [0.1, 0.15) is 13.0 Å². The molecule has 1 saturated heterocycles. The largest absolute Gasteiger partial charge is 0.469 e. The van der Waals surface area contributed by atoms with Crippen molar-refractivity contribution in [3.8, 4) is 0 Å². The van der Waals surface area contributed by atoms with Crippen molar-refractivity contribution in [2.75, 3.05) is 13.7 Å². The molecule has 0 aliphatic carbocycles. The number of esters is 1. The van der Waals surface area contributed by atoms with E-state index in [9.17, 15) is 19.2 Å². The molecule has 2 N–H and O–H groups in total. The van der Waals surface area contributed by atoms with Gasteiger partial charge < -0.3 is 20.1 Å². The van der Waals surface area contributed by atoms with Crippen LogP contribution in [0.25, 0.3) is 0 Å². The van der Waals surface area contributed by atoms with E-state index < -0.39 is 42.3 Å². The lowest BCUT2D eigenvalue weighted by molar-refractivity contribution is -0.153. The second-order valence-corrected chi connectivity index (χ2v) is 4.85. The van der Waals surface area contributed by atoms with Crippen LogP contribution in [0.3, 0.4) is 0 Å². The third-order valence-corrected chi connectivity index (χ3v) is 3.19. The number of amides is 2. The summed E-state index contributed by atoms with van der Waals surface area (Å²) in [6, 6.07) is 7.52. The molecular formula is C15H16N2O6. The van der Waals surface area contributed by atoms with Crippen LogP contribution in [0.15, 0.2) is 30.3 Å². The number of hydrogen-bond acceptors (Lipinski definition) is 6. The first-order valence-corrected chi connectivity index (χ1v) is 6.87. The molecule has 1 fully saturated rings. The van der Waals surface area contributed by atoms with Crippen LogP contribution < -0.4 is 10.6 Å². The molecule has 0 saturated carbocycles. The third kappa shape index (κ3) is 4.36. The van der Waals surface area contributed by atoms with Gasteiger partial charge in [0, 0.05) is 5.56 Å². The van der Waals surface area contributed by atoms with Gasteiger partial charge in [-0.25, -0.2) is 0 Å². The van der Waals surface area contributed by atoms with Gasteiger partial charge in [-0.15, -0.1) is 0 Å². The number of carbonyl (C=O) groups excluding carboxylic acids is 4. The summed E-state index contributed by atoms with van der Waals surface area (Å²) in [5.41, 5.74) is 0.410. The molecule has 8 nitrogen and oxygen atoms in total. The number of hydrogen-bond donors (Lipinski definition) is 2. The fourth-order valence-corrected chi connectivity index (χ4v) is 1.91. The van der Waals surface area contributed by atoms with Gasteiger partial charge in [0.25, 0.3) is 5.91 Å². The quantitative estimate of drug-likeness (QED) is 0.394. The van der Waals surface area contributed by atoms with Gasteiger partial charge in [-0.2, -0.15) is 0 Å². The summed E-state index contributed by atoms with van der Waals surface area (Å²) in [5, 5.41) is 4.96. The van der Waals surface area contributed by atoms with Gasteiger partial charge in [-0.05, 0) is 12.1 Å². The summed E-state index contributed by atoms with van der Waals surface area (Å²) in [5.74, 6) is -1.96. The molecule has 1 aliphatic heterocycles. The van der Waals surface area contributed by atoms with E-state index in [-0.39, 0.29) is 6.61 Å². The third-order valence-electron chi connectivity index (χ3n) is 3.19. The highest BCUT2D eigenvalue weighted by atomic mass is 16.5. The number of ketones is 1. The first-order chi connectivity index (χ1) is 11.0. The zero-order valence-electron chi connectivity index (χ0n) is 12.4. The summed E-state index contributed by atoms with van der Waals surface area (Å²) in [7, 11) is 1.18. The van der Waals surface area contributed by atoms with Crippen molar-refractivity contribution >= 4 is 23.6 Å². The zero-order valence-corrected chi connectivity index (χ0v) is 12.4. The molecule has 2 amide bonds. The van der Waals surface area contributed by atoms with Crippen molar-refractivity contribution in [3.63, 3.8) is 0 Å². The molecule has 2 rings (SSSR count). The Bertz CT molecular complexity index is 616. The van der Waals surface area contributed by atoms with Crippen LogP contribution in [-0.4, -0.2) is 49.6 Å². The van der Waals surface area contributed by atoms with Crippen LogP contribution in [-0.2, 0) is 23.9 Å². The normalized spacial score (nSPS) is 19.3. The molecule has 23 heavy (non-hydrogen) atoms. The van der Waals surface area contributed by atoms with Gasteiger partial charge in [0.05, 0.1) is 7.11 Å². The van der Waals surface area contributed by atoms with Gasteiger partial charge in [-0.1, -0.05) is 18.2 Å². The average Bonchev–Trinajstić information content (AvgIpc) is 2.56. The van der Waals surface area contributed by atoms with E-state index in [1.165, 1.54) is 7.11 Å². The Balaban J connectivity index is 1.83. The molecular weight excluding hydrogens is 304 g/mol. The number of benzene rings is 1. The molecule has 0 unspecified atom stereocenters. The second-order valence-electron chi connectivity index (χ2n) is 4.85. The van der Waals surface area contributed by atoms with Crippen molar-refractivity contribution in [2.45, 2.75) is 18.7 Å². The second kappa shape index (κ2) is 7.50. The SMILES string of the molecule is COC(=O)CC(=O)CO[C@H]1NC(=O)[C@@H]1NC(=O)c1ccccc1. The number of Topliss-reactive ketones (excluding diaryl/α,β-unsaturated/α-hetero) is 1. The number of methoxy groups -OCH3 is 1. The van der Waals surface area contributed by atoms with Crippen molar-refractivity contribution in [1.29, 1.82) is 0 Å². The Morgan fingerprint density at radius 2 is 1.91 bits per heavy atom. The highest BCUT2D eigenvalue weighted by Crippen LogP contribution is 2.10. The molecule has 1 aromatic rings. The molecule has 1 heterocycles. The summed E-state index contributed by atoms with van der Waals surface area (Å²) >= 11 is 0. The van der Waals surface area contributed by atoms with Crippen LogP contribution in [0.1, 0.15) is 16.8 Å². The number of ether oxygens (including phenoxy) is 2. The number of carbonyl (C=O) groups is 4. The van der Waals surface area contributed by atoms with Crippen molar-refractivity contribution < 1.29 is 28.7 Å². The van der Waals surface area contributed by atoms with Gasteiger partial charge >= 0.3 is 5.97 Å². The zero-order chi connectivity index (χ0) is 16.8. The lowest BCUT2D eigenvalue weighted by Crippen LogP contribution is -2.70. The lowest BCUT2D eigenvalue weighted by Gasteiger charge is -2.36. The van der Waals surface area contributed by atoms with Crippen molar-refractivity contribution in [1.82, 2.24) is 10.6 Å². The summed E-state index contributed by atoms with van der Waals surface area (Å²) in [6.45, 7) is -0.363. The molecule has 1 aliphatic rings. The van der Waals surface area contributed by atoms with E-state index in [2.05, 4.69) is 15.4 Å². The maximum atomic E-state index is 12.0. The van der Waals surface area contributed by atoms with Crippen LogP contribution in [0.5, 0.6) is 0 Å². The topological polar surface area (TPSA) is 111 Å². The smallest absolute Gasteiger partial charge is 0.313 e. The molecule has 8 heteroatoms. The number of rotatable bonds is 7. The van der Waals surface area contributed by atoms with Crippen molar-refractivity contribution in [2.24, 2.45) is 0 Å². The molecule has 122 valence electrons. The van der Waals surface area contributed by atoms with E-state index in [4.69, 9.17) is 4.74 Å². The van der Waals surface area contributed by atoms with Crippen LogP contribution >= 0.6 is 0 Å². The van der Waals surface area contributed by atoms with Gasteiger partial charge in [0.15, 0.2) is 18.1 Å². The standard InChI is InChI=1S/C15H16N2O6/c1-22-11(19)7-10(18)8-23-15-12(14(21)17-15)16-13(20)9-5-3-2-4-6-9/h2-6,12,15H,7-8H2,1H3,(H,16,20)(H,17,21)/t12-,15+/m0/s1. The van der Waals surface area contributed by atoms with E-state index in [0.717, 1.165) is 0 Å².